The van der Waals surface area contributed by atoms with Gasteiger partial charge in [-0.3, -0.25) is 9.69 Å². The van der Waals surface area contributed by atoms with E-state index in [2.05, 4.69) is 32.3 Å². The molecule has 0 atom stereocenters. The molecular weight excluding hydrogens is 302 g/mol. The van der Waals surface area contributed by atoms with Gasteiger partial charge in [-0.1, -0.05) is 13.0 Å². The molecule has 1 amide bonds. The minimum atomic E-state index is 0.154. The van der Waals surface area contributed by atoms with Gasteiger partial charge in [0.25, 0.3) is 0 Å². The standard InChI is InChI=1S/C18H29N5O/c1-18(5-8-19-9-6-18)15-21-17(24)14-22-10-12-23(13-11-22)16-4-2-3-7-20-16/h2-4,7,19H,5-6,8-15H2,1H3,(H,21,24). The second-order valence-corrected chi connectivity index (χ2v) is 7.29. The Hall–Kier alpha value is -1.66. The lowest BCUT2D eigenvalue weighted by atomic mass is 9.81. The minimum absolute atomic E-state index is 0.154. The Morgan fingerprint density at radius 3 is 2.67 bits per heavy atom. The summed E-state index contributed by atoms with van der Waals surface area (Å²) in [6.45, 7) is 9.35. The van der Waals surface area contributed by atoms with Crippen LogP contribution in [-0.2, 0) is 4.79 Å². The Kier molecular flexibility index (Phi) is 5.68. The summed E-state index contributed by atoms with van der Waals surface area (Å²) in [5.41, 5.74) is 0.249. The Morgan fingerprint density at radius 2 is 2.00 bits per heavy atom. The van der Waals surface area contributed by atoms with E-state index in [0.717, 1.165) is 64.5 Å². The number of piperazine rings is 1. The first-order chi connectivity index (χ1) is 11.6. The van der Waals surface area contributed by atoms with E-state index in [-0.39, 0.29) is 11.3 Å². The Balaban J connectivity index is 1.38. The number of amides is 1. The molecular formula is C18H29N5O. The highest BCUT2D eigenvalue weighted by molar-refractivity contribution is 5.78. The first kappa shape index (κ1) is 17.2. The van der Waals surface area contributed by atoms with Crippen molar-refractivity contribution in [3.05, 3.63) is 24.4 Å². The molecule has 0 aliphatic carbocycles. The van der Waals surface area contributed by atoms with Crippen molar-refractivity contribution in [3.63, 3.8) is 0 Å². The van der Waals surface area contributed by atoms with E-state index in [0.29, 0.717) is 6.54 Å². The van der Waals surface area contributed by atoms with Crippen LogP contribution in [-0.4, -0.2) is 68.1 Å². The summed E-state index contributed by atoms with van der Waals surface area (Å²) in [6.07, 6.45) is 4.10. The average Bonchev–Trinajstić information content (AvgIpc) is 2.62. The van der Waals surface area contributed by atoms with Crippen molar-refractivity contribution in [2.24, 2.45) is 5.41 Å². The van der Waals surface area contributed by atoms with Crippen LogP contribution in [0.5, 0.6) is 0 Å². The molecule has 3 heterocycles. The summed E-state index contributed by atoms with van der Waals surface area (Å²) in [4.78, 5) is 21.2. The van der Waals surface area contributed by atoms with Crippen LogP contribution in [0.25, 0.3) is 0 Å². The van der Waals surface area contributed by atoms with Crippen LogP contribution in [0.4, 0.5) is 5.82 Å². The monoisotopic (exact) mass is 331 g/mol. The molecule has 2 N–H and O–H groups in total. The number of anilines is 1. The maximum atomic E-state index is 12.3. The summed E-state index contributed by atoms with van der Waals surface area (Å²) in [7, 11) is 0. The smallest absolute Gasteiger partial charge is 0.234 e. The van der Waals surface area contributed by atoms with E-state index < -0.39 is 0 Å². The molecule has 0 radical (unpaired) electrons. The number of nitrogens with one attached hydrogen (secondary N) is 2. The van der Waals surface area contributed by atoms with Gasteiger partial charge in [-0.2, -0.15) is 0 Å². The van der Waals surface area contributed by atoms with E-state index in [4.69, 9.17) is 0 Å². The highest BCUT2D eigenvalue weighted by Crippen LogP contribution is 2.26. The van der Waals surface area contributed by atoms with E-state index in [9.17, 15) is 4.79 Å². The van der Waals surface area contributed by atoms with E-state index >= 15 is 0 Å². The molecule has 2 fully saturated rings. The van der Waals surface area contributed by atoms with E-state index in [1.165, 1.54) is 0 Å². The summed E-state index contributed by atoms with van der Waals surface area (Å²) in [6, 6.07) is 6.00. The predicted molar refractivity (Wildman–Crippen MR) is 96.1 cm³/mol. The fraction of sp³-hybridized carbons (Fsp3) is 0.667. The lowest BCUT2D eigenvalue weighted by Crippen LogP contribution is -2.51. The van der Waals surface area contributed by atoms with Crippen molar-refractivity contribution in [2.45, 2.75) is 19.8 Å². The number of carbonyl (C=O) groups is 1. The first-order valence-corrected chi connectivity index (χ1v) is 9.00. The number of piperidine rings is 1. The third kappa shape index (κ3) is 4.68. The SMILES string of the molecule is CC1(CNC(=O)CN2CCN(c3ccccn3)CC2)CCNCC1. The number of pyridine rings is 1. The molecule has 0 unspecified atom stereocenters. The van der Waals surface area contributed by atoms with Gasteiger partial charge in [-0.15, -0.1) is 0 Å². The lowest BCUT2D eigenvalue weighted by molar-refractivity contribution is -0.122. The summed E-state index contributed by atoms with van der Waals surface area (Å²) in [5, 5.41) is 6.53. The van der Waals surface area contributed by atoms with Crippen LogP contribution >= 0.6 is 0 Å². The number of hydrogen-bond donors (Lipinski definition) is 2. The molecule has 0 bridgehead atoms. The fourth-order valence-electron chi connectivity index (χ4n) is 3.45. The normalized spacial score (nSPS) is 21.5. The summed E-state index contributed by atoms with van der Waals surface area (Å²) >= 11 is 0. The van der Waals surface area contributed by atoms with Crippen molar-refractivity contribution in [2.75, 3.05) is 57.3 Å². The molecule has 0 aromatic carbocycles. The van der Waals surface area contributed by atoms with Crippen LogP contribution in [0.15, 0.2) is 24.4 Å². The van der Waals surface area contributed by atoms with E-state index in [1.807, 2.05) is 24.4 Å². The molecule has 6 nitrogen and oxygen atoms in total. The molecule has 2 saturated heterocycles. The van der Waals surface area contributed by atoms with Gasteiger partial charge >= 0.3 is 0 Å². The predicted octanol–water partition coefficient (Wildman–Crippen LogP) is 0.710. The Bertz CT molecular complexity index is 521. The van der Waals surface area contributed by atoms with Crippen LogP contribution in [0.2, 0.25) is 0 Å². The molecule has 0 saturated carbocycles. The maximum absolute atomic E-state index is 12.3. The molecule has 3 rings (SSSR count). The van der Waals surface area contributed by atoms with Gasteiger partial charge in [-0.05, 0) is 43.5 Å². The second-order valence-electron chi connectivity index (χ2n) is 7.29. The number of rotatable bonds is 5. The highest BCUT2D eigenvalue weighted by Gasteiger charge is 2.27. The van der Waals surface area contributed by atoms with E-state index in [1.54, 1.807) is 0 Å². The van der Waals surface area contributed by atoms with Gasteiger partial charge in [0.2, 0.25) is 5.91 Å². The van der Waals surface area contributed by atoms with Crippen molar-refractivity contribution in [1.29, 1.82) is 0 Å². The van der Waals surface area contributed by atoms with Crippen LogP contribution < -0.4 is 15.5 Å². The van der Waals surface area contributed by atoms with Gasteiger partial charge in [-0.25, -0.2) is 4.98 Å². The average molecular weight is 331 g/mol. The van der Waals surface area contributed by atoms with Crippen molar-refractivity contribution in [3.8, 4) is 0 Å². The van der Waals surface area contributed by atoms with Crippen LogP contribution in [0.1, 0.15) is 19.8 Å². The molecule has 2 aliphatic heterocycles. The Labute approximate surface area is 144 Å². The molecule has 0 spiro atoms. The van der Waals surface area contributed by atoms with Gasteiger partial charge in [0, 0.05) is 38.9 Å². The third-order valence-corrected chi connectivity index (χ3v) is 5.24. The molecule has 6 heteroatoms. The van der Waals surface area contributed by atoms with Gasteiger partial charge in [0.05, 0.1) is 6.54 Å². The van der Waals surface area contributed by atoms with Crippen LogP contribution in [0.3, 0.4) is 0 Å². The number of hydrogen-bond acceptors (Lipinski definition) is 5. The zero-order valence-electron chi connectivity index (χ0n) is 14.6. The van der Waals surface area contributed by atoms with Crippen molar-refractivity contribution in [1.82, 2.24) is 20.5 Å². The minimum Gasteiger partial charge on any atom is -0.354 e. The molecule has 24 heavy (non-hydrogen) atoms. The summed E-state index contributed by atoms with van der Waals surface area (Å²) in [5.74, 6) is 1.18. The molecule has 1 aromatic heterocycles. The highest BCUT2D eigenvalue weighted by atomic mass is 16.2. The topological polar surface area (TPSA) is 60.5 Å². The quantitative estimate of drug-likeness (QED) is 0.832. The van der Waals surface area contributed by atoms with Gasteiger partial charge in [0.1, 0.15) is 5.82 Å². The zero-order valence-corrected chi connectivity index (χ0v) is 14.6. The molecule has 1 aromatic rings. The third-order valence-electron chi connectivity index (χ3n) is 5.24. The maximum Gasteiger partial charge on any atom is 0.234 e. The number of aromatic nitrogens is 1. The van der Waals surface area contributed by atoms with Crippen LogP contribution in [0, 0.1) is 5.41 Å². The fourth-order valence-corrected chi connectivity index (χ4v) is 3.45. The summed E-state index contributed by atoms with van der Waals surface area (Å²) < 4.78 is 0. The second kappa shape index (κ2) is 7.94. The number of nitrogens with zero attached hydrogens (tertiary/aromatic N) is 3. The zero-order chi connectivity index (χ0) is 16.8. The molecule has 132 valence electrons. The number of carbonyl (C=O) groups excluding carboxylic acids is 1. The lowest BCUT2D eigenvalue weighted by Gasteiger charge is -2.36. The van der Waals surface area contributed by atoms with Gasteiger partial charge < -0.3 is 15.5 Å². The Morgan fingerprint density at radius 1 is 1.25 bits per heavy atom. The van der Waals surface area contributed by atoms with Crippen molar-refractivity contribution < 1.29 is 4.79 Å². The molecule has 2 aliphatic rings. The first-order valence-electron chi connectivity index (χ1n) is 9.00. The van der Waals surface area contributed by atoms with Crippen molar-refractivity contribution >= 4 is 11.7 Å². The largest absolute Gasteiger partial charge is 0.354 e. The van der Waals surface area contributed by atoms with Gasteiger partial charge in [0.15, 0.2) is 0 Å².